The van der Waals surface area contributed by atoms with E-state index in [1.807, 2.05) is 12.1 Å². The summed E-state index contributed by atoms with van der Waals surface area (Å²) < 4.78 is 0.950. The van der Waals surface area contributed by atoms with Crippen LogP contribution in [0.2, 0.25) is 0 Å². The van der Waals surface area contributed by atoms with Gasteiger partial charge < -0.3 is 16.4 Å². The second-order valence-corrected chi connectivity index (χ2v) is 6.05. The number of rotatable bonds is 7. The van der Waals surface area contributed by atoms with E-state index < -0.39 is 0 Å². The number of halogens is 1. The number of carbonyl (C=O) groups excluding carboxylic acids is 1. The number of amides is 1. The Kier molecular flexibility index (Phi) is 7.82. The molecule has 4 N–H and O–H groups in total. The normalized spacial score (nSPS) is 11.5. The Labute approximate surface area is 134 Å². The lowest BCUT2D eigenvalue weighted by Gasteiger charge is -2.08. The van der Waals surface area contributed by atoms with Gasteiger partial charge in [0, 0.05) is 29.7 Å². The summed E-state index contributed by atoms with van der Waals surface area (Å²) in [5.74, 6) is 0.944. The molecule has 0 aliphatic rings. The number of guanidine groups is 1. The van der Waals surface area contributed by atoms with E-state index in [1.165, 1.54) is 0 Å². The van der Waals surface area contributed by atoms with Crippen molar-refractivity contribution in [3.8, 4) is 0 Å². The second kappa shape index (κ2) is 9.39. The number of aliphatic imine (C=N–C) groups is 1. The van der Waals surface area contributed by atoms with Crippen molar-refractivity contribution in [3.63, 3.8) is 0 Å². The lowest BCUT2D eigenvalue weighted by Crippen LogP contribution is -2.38. The van der Waals surface area contributed by atoms with Crippen molar-refractivity contribution in [1.29, 1.82) is 0 Å². The fraction of sp³-hybridized carbons (Fsp3) is 0.467. The molecule has 0 radical (unpaired) electrons. The van der Waals surface area contributed by atoms with Crippen LogP contribution in [0.1, 0.15) is 30.6 Å². The van der Waals surface area contributed by atoms with Crippen molar-refractivity contribution >= 4 is 27.8 Å². The monoisotopic (exact) mass is 354 g/mol. The summed E-state index contributed by atoms with van der Waals surface area (Å²) in [5.41, 5.74) is 6.36. The van der Waals surface area contributed by atoms with Crippen LogP contribution in [0.25, 0.3) is 0 Å². The third kappa shape index (κ3) is 7.70. The summed E-state index contributed by atoms with van der Waals surface area (Å²) in [4.78, 5) is 16.0. The topological polar surface area (TPSA) is 79.5 Å². The molecule has 0 heterocycles. The maximum atomic E-state index is 11.8. The fourth-order valence-corrected chi connectivity index (χ4v) is 1.83. The molecule has 6 heteroatoms. The van der Waals surface area contributed by atoms with Gasteiger partial charge in [0.2, 0.25) is 0 Å². The molecule has 0 aromatic heterocycles. The van der Waals surface area contributed by atoms with E-state index >= 15 is 0 Å². The predicted molar refractivity (Wildman–Crippen MR) is 90.4 cm³/mol. The van der Waals surface area contributed by atoms with Gasteiger partial charge in [-0.05, 0) is 36.6 Å². The van der Waals surface area contributed by atoms with E-state index in [2.05, 4.69) is 45.4 Å². The van der Waals surface area contributed by atoms with Gasteiger partial charge in [0.05, 0.1) is 0 Å². The minimum absolute atomic E-state index is 0.0976. The zero-order valence-corrected chi connectivity index (χ0v) is 14.1. The van der Waals surface area contributed by atoms with Crippen LogP contribution < -0.4 is 16.4 Å². The zero-order chi connectivity index (χ0) is 15.7. The maximum absolute atomic E-state index is 11.8. The van der Waals surface area contributed by atoms with Crippen molar-refractivity contribution in [1.82, 2.24) is 10.6 Å². The summed E-state index contributed by atoms with van der Waals surface area (Å²) in [7, 11) is 0. The SMILES string of the molecule is CC(C)CCN=C(N)NCCNC(=O)c1ccc(Br)cc1. The van der Waals surface area contributed by atoms with Crippen LogP contribution in [-0.4, -0.2) is 31.5 Å². The number of hydrogen-bond acceptors (Lipinski definition) is 2. The van der Waals surface area contributed by atoms with E-state index in [-0.39, 0.29) is 5.91 Å². The molecule has 1 amide bonds. The van der Waals surface area contributed by atoms with Gasteiger partial charge in [0.1, 0.15) is 0 Å². The molecule has 0 saturated carbocycles. The van der Waals surface area contributed by atoms with Crippen LogP contribution in [-0.2, 0) is 0 Å². The molecule has 5 nitrogen and oxygen atoms in total. The summed E-state index contributed by atoms with van der Waals surface area (Å²) in [6.45, 7) is 6.07. The smallest absolute Gasteiger partial charge is 0.251 e. The van der Waals surface area contributed by atoms with Gasteiger partial charge in [-0.1, -0.05) is 29.8 Å². The number of benzene rings is 1. The first-order chi connectivity index (χ1) is 9.99. The van der Waals surface area contributed by atoms with Gasteiger partial charge in [0.15, 0.2) is 5.96 Å². The largest absolute Gasteiger partial charge is 0.370 e. The molecule has 1 aromatic rings. The number of nitrogens with two attached hydrogens (primary N) is 1. The Hall–Kier alpha value is -1.56. The van der Waals surface area contributed by atoms with Crippen LogP contribution in [0.5, 0.6) is 0 Å². The minimum atomic E-state index is -0.0976. The van der Waals surface area contributed by atoms with E-state index in [1.54, 1.807) is 12.1 Å². The number of carbonyl (C=O) groups is 1. The average Bonchev–Trinajstić information content (AvgIpc) is 2.43. The molecule has 0 spiro atoms. The molecule has 0 bridgehead atoms. The Morgan fingerprint density at radius 2 is 1.86 bits per heavy atom. The van der Waals surface area contributed by atoms with Gasteiger partial charge in [-0.3, -0.25) is 9.79 Å². The highest BCUT2D eigenvalue weighted by Gasteiger charge is 2.03. The number of nitrogens with one attached hydrogen (secondary N) is 2. The quantitative estimate of drug-likeness (QED) is 0.398. The molecular weight excluding hydrogens is 332 g/mol. The Balaban J connectivity index is 2.21. The van der Waals surface area contributed by atoms with Gasteiger partial charge in [-0.2, -0.15) is 0 Å². The summed E-state index contributed by atoms with van der Waals surface area (Å²) >= 11 is 3.33. The molecule has 116 valence electrons. The highest BCUT2D eigenvalue weighted by atomic mass is 79.9. The van der Waals surface area contributed by atoms with Crippen molar-refractivity contribution in [2.24, 2.45) is 16.6 Å². The van der Waals surface area contributed by atoms with Gasteiger partial charge in [-0.25, -0.2) is 0 Å². The molecule has 1 rings (SSSR count). The van der Waals surface area contributed by atoms with Crippen molar-refractivity contribution in [2.45, 2.75) is 20.3 Å². The first-order valence-corrected chi connectivity index (χ1v) is 7.86. The molecule has 1 aromatic carbocycles. The van der Waals surface area contributed by atoms with Crippen LogP contribution >= 0.6 is 15.9 Å². The van der Waals surface area contributed by atoms with Gasteiger partial charge >= 0.3 is 0 Å². The van der Waals surface area contributed by atoms with E-state index in [9.17, 15) is 4.79 Å². The molecule has 0 atom stereocenters. The first-order valence-electron chi connectivity index (χ1n) is 7.06. The Bertz CT molecular complexity index is 471. The number of nitrogens with zero attached hydrogens (tertiary/aromatic N) is 1. The molecular formula is C15H23BrN4O. The molecule has 0 aliphatic carbocycles. The molecule has 21 heavy (non-hydrogen) atoms. The first kappa shape index (κ1) is 17.5. The zero-order valence-electron chi connectivity index (χ0n) is 12.5. The standard InChI is InChI=1S/C15H23BrN4O/c1-11(2)7-8-19-15(17)20-10-9-18-14(21)12-3-5-13(16)6-4-12/h3-6,11H,7-10H2,1-2H3,(H,18,21)(H3,17,19,20). The summed E-state index contributed by atoms with van der Waals surface area (Å²) in [6, 6.07) is 7.22. The highest BCUT2D eigenvalue weighted by molar-refractivity contribution is 9.10. The van der Waals surface area contributed by atoms with E-state index in [0.717, 1.165) is 17.4 Å². The minimum Gasteiger partial charge on any atom is -0.370 e. The van der Waals surface area contributed by atoms with Crippen LogP contribution in [0, 0.1) is 5.92 Å². The van der Waals surface area contributed by atoms with Crippen LogP contribution in [0.15, 0.2) is 33.7 Å². The molecule has 0 saturated heterocycles. The van der Waals surface area contributed by atoms with Gasteiger partial charge in [0.25, 0.3) is 5.91 Å². The Morgan fingerprint density at radius 3 is 2.48 bits per heavy atom. The fourth-order valence-electron chi connectivity index (χ4n) is 1.57. The lowest BCUT2D eigenvalue weighted by atomic mass is 10.1. The number of hydrogen-bond donors (Lipinski definition) is 3. The van der Waals surface area contributed by atoms with Crippen LogP contribution in [0.3, 0.4) is 0 Å². The van der Waals surface area contributed by atoms with Crippen molar-refractivity contribution in [3.05, 3.63) is 34.3 Å². The van der Waals surface area contributed by atoms with E-state index in [0.29, 0.717) is 30.5 Å². The molecule has 0 unspecified atom stereocenters. The summed E-state index contributed by atoms with van der Waals surface area (Å²) in [5, 5.41) is 5.80. The molecule has 0 aliphatic heterocycles. The Morgan fingerprint density at radius 1 is 1.24 bits per heavy atom. The van der Waals surface area contributed by atoms with Crippen molar-refractivity contribution < 1.29 is 4.79 Å². The maximum Gasteiger partial charge on any atom is 0.251 e. The van der Waals surface area contributed by atoms with Crippen molar-refractivity contribution in [2.75, 3.05) is 19.6 Å². The highest BCUT2D eigenvalue weighted by Crippen LogP contribution is 2.10. The molecule has 0 fully saturated rings. The third-order valence-corrected chi connectivity index (χ3v) is 3.34. The third-order valence-electron chi connectivity index (χ3n) is 2.81. The predicted octanol–water partition coefficient (Wildman–Crippen LogP) is 2.13. The second-order valence-electron chi connectivity index (χ2n) is 5.14. The van der Waals surface area contributed by atoms with Crippen LogP contribution in [0.4, 0.5) is 0 Å². The summed E-state index contributed by atoms with van der Waals surface area (Å²) in [6.07, 6.45) is 1.02. The van der Waals surface area contributed by atoms with Gasteiger partial charge in [-0.15, -0.1) is 0 Å². The lowest BCUT2D eigenvalue weighted by molar-refractivity contribution is 0.0954. The average molecular weight is 355 g/mol. The van der Waals surface area contributed by atoms with E-state index in [4.69, 9.17) is 5.73 Å².